The maximum absolute atomic E-state index is 6.04. The molecule has 0 bridgehead atoms. The number of hydrogen-bond donors (Lipinski definition) is 1. The van der Waals surface area contributed by atoms with E-state index in [1.807, 2.05) is 36.4 Å². The Morgan fingerprint density at radius 3 is 2.48 bits per heavy atom. The minimum atomic E-state index is 0.500. The van der Waals surface area contributed by atoms with Gasteiger partial charge in [0, 0.05) is 5.56 Å². The monoisotopic (exact) mass is 278 g/mol. The van der Waals surface area contributed by atoms with E-state index in [0.29, 0.717) is 11.5 Å². The summed E-state index contributed by atoms with van der Waals surface area (Å²) >= 11 is 0. The molecule has 0 fully saturated rings. The molecule has 108 valence electrons. The molecule has 0 radical (unpaired) electrons. The number of rotatable bonds is 6. The SMILES string of the molecule is C=C(N=C(N)c1ccccc1)c1cccc(CCCC)c1. The third kappa shape index (κ3) is 4.32. The van der Waals surface area contributed by atoms with Crippen LogP contribution in [0.2, 0.25) is 0 Å². The van der Waals surface area contributed by atoms with Gasteiger partial charge in [0.2, 0.25) is 0 Å². The van der Waals surface area contributed by atoms with Gasteiger partial charge in [-0.3, -0.25) is 0 Å². The van der Waals surface area contributed by atoms with Crippen LogP contribution in [0.25, 0.3) is 5.70 Å². The maximum Gasteiger partial charge on any atom is 0.131 e. The summed E-state index contributed by atoms with van der Waals surface area (Å²) in [5, 5.41) is 0. The Bertz CT molecular complexity index is 627. The van der Waals surface area contributed by atoms with Crippen LogP contribution in [0.1, 0.15) is 36.5 Å². The van der Waals surface area contributed by atoms with Gasteiger partial charge in [-0.1, -0.05) is 68.5 Å². The molecular formula is C19H22N2. The highest BCUT2D eigenvalue weighted by Crippen LogP contribution is 2.17. The molecule has 2 rings (SSSR count). The third-order valence-electron chi connectivity index (χ3n) is 3.40. The molecule has 21 heavy (non-hydrogen) atoms. The van der Waals surface area contributed by atoms with Crippen molar-refractivity contribution in [1.82, 2.24) is 0 Å². The quantitative estimate of drug-likeness (QED) is 0.617. The average Bonchev–Trinajstić information content (AvgIpc) is 2.54. The fraction of sp³-hybridized carbons (Fsp3) is 0.211. The second-order valence-electron chi connectivity index (χ2n) is 5.11. The molecule has 0 aliphatic rings. The maximum atomic E-state index is 6.04. The van der Waals surface area contributed by atoms with Gasteiger partial charge < -0.3 is 5.73 Å². The lowest BCUT2D eigenvalue weighted by Crippen LogP contribution is -2.13. The minimum Gasteiger partial charge on any atom is -0.383 e. The van der Waals surface area contributed by atoms with E-state index < -0.39 is 0 Å². The summed E-state index contributed by atoms with van der Waals surface area (Å²) < 4.78 is 0. The van der Waals surface area contributed by atoms with Gasteiger partial charge >= 0.3 is 0 Å². The van der Waals surface area contributed by atoms with E-state index in [4.69, 9.17) is 5.73 Å². The molecule has 2 aromatic carbocycles. The van der Waals surface area contributed by atoms with Crippen LogP contribution in [0.3, 0.4) is 0 Å². The number of hydrogen-bond acceptors (Lipinski definition) is 1. The van der Waals surface area contributed by atoms with Gasteiger partial charge in [-0.15, -0.1) is 0 Å². The van der Waals surface area contributed by atoms with Crippen LogP contribution in [-0.2, 0) is 6.42 Å². The van der Waals surface area contributed by atoms with Crippen LogP contribution in [0, 0.1) is 0 Å². The first-order chi connectivity index (χ1) is 10.2. The summed E-state index contributed by atoms with van der Waals surface area (Å²) in [5.41, 5.74) is 10.0. The zero-order valence-corrected chi connectivity index (χ0v) is 12.5. The number of unbranched alkanes of at least 4 members (excludes halogenated alkanes) is 1. The summed E-state index contributed by atoms with van der Waals surface area (Å²) in [4.78, 5) is 4.44. The van der Waals surface area contributed by atoms with Crippen LogP contribution in [0.15, 0.2) is 66.2 Å². The highest BCUT2D eigenvalue weighted by Gasteiger charge is 2.02. The van der Waals surface area contributed by atoms with Crippen LogP contribution in [-0.4, -0.2) is 5.84 Å². The Balaban J connectivity index is 2.16. The molecular weight excluding hydrogens is 256 g/mol. The van der Waals surface area contributed by atoms with E-state index in [1.165, 1.54) is 18.4 Å². The lowest BCUT2D eigenvalue weighted by Gasteiger charge is -2.06. The molecule has 0 atom stereocenters. The highest BCUT2D eigenvalue weighted by molar-refractivity contribution is 6.00. The largest absolute Gasteiger partial charge is 0.383 e. The fourth-order valence-electron chi connectivity index (χ4n) is 2.17. The predicted octanol–water partition coefficient (Wildman–Crippen LogP) is 4.41. The van der Waals surface area contributed by atoms with Gasteiger partial charge in [-0.25, -0.2) is 4.99 Å². The number of benzene rings is 2. The van der Waals surface area contributed by atoms with Crippen LogP contribution in [0.4, 0.5) is 0 Å². The summed E-state index contributed by atoms with van der Waals surface area (Å²) in [7, 11) is 0. The second kappa shape index (κ2) is 7.44. The van der Waals surface area contributed by atoms with Gasteiger partial charge in [0.15, 0.2) is 0 Å². The van der Waals surface area contributed by atoms with Crippen molar-refractivity contribution < 1.29 is 0 Å². The molecule has 0 spiro atoms. The Hall–Kier alpha value is -2.35. The van der Waals surface area contributed by atoms with Crippen molar-refractivity contribution in [2.75, 3.05) is 0 Å². The molecule has 0 unspecified atom stereocenters. The van der Waals surface area contributed by atoms with Crippen molar-refractivity contribution in [3.63, 3.8) is 0 Å². The van der Waals surface area contributed by atoms with Crippen molar-refractivity contribution in [3.8, 4) is 0 Å². The van der Waals surface area contributed by atoms with Crippen LogP contribution >= 0.6 is 0 Å². The number of aryl methyl sites for hydroxylation is 1. The summed E-state index contributed by atoms with van der Waals surface area (Å²) in [6, 6.07) is 18.1. The Morgan fingerprint density at radius 1 is 1.05 bits per heavy atom. The lowest BCUT2D eigenvalue weighted by atomic mass is 10.0. The predicted molar refractivity (Wildman–Crippen MR) is 91.3 cm³/mol. The average molecular weight is 278 g/mol. The Labute approximate surface area is 127 Å². The molecule has 0 aromatic heterocycles. The second-order valence-corrected chi connectivity index (χ2v) is 5.11. The van der Waals surface area contributed by atoms with Gasteiger partial charge in [-0.05, 0) is 30.0 Å². The molecule has 2 N–H and O–H groups in total. The molecule has 0 saturated carbocycles. The third-order valence-corrected chi connectivity index (χ3v) is 3.40. The van der Waals surface area contributed by atoms with Gasteiger partial charge in [-0.2, -0.15) is 0 Å². The van der Waals surface area contributed by atoms with Gasteiger partial charge in [0.25, 0.3) is 0 Å². The van der Waals surface area contributed by atoms with Crippen molar-refractivity contribution >= 4 is 11.5 Å². The molecule has 2 nitrogen and oxygen atoms in total. The number of nitrogens with zero attached hydrogens (tertiary/aromatic N) is 1. The Morgan fingerprint density at radius 2 is 1.76 bits per heavy atom. The van der Waals surface area contributed by atoms with Gasteiger partial charge in [0.05, 0.1) is 5.70 Å². The summed E-state index contributed by atoms with van der Waals surface area (Å²) in [6.45, 7) is 6.25. The molecule has 2 aromatic rings. The van der Waals surface area contributed by atoms with E-state index in [-0.39, 0.29) is 0 Å². The molecule has 0 amide bonds. The van der Waals surface area contributed by atoms with E-state index in [0.717, 1.165) is 17.5 Å². The lowest BCUT2D eigenvalue weighted by molar-refractivity contribution is 0.795. The summed E-state index contributed by atoms with van der Waals surface area (Å²) in [6.07, 6.45) is 3.49. The standard InChI is InChI=1S/C19H22N2/c1-3-4-9-16-10-8-13-18(14-16)15(2)21-19(20)17-11-6-5-7-12-17/h5-8,10-14H,2-4,9H2,1H3,(H2,20,21). The van der Waals surface area contributed by atoms with Gasteiger partial charge in [0.1, 0.15) is 5.84 Å². The topological polar surface area (TPSA) is 38.4 Å². The fourth-order valence-corrected chi connectivity index (χ4v) is 2.17. The number of amidine groups is 1. The van der Waals surface area contributed by atoms with Crippen LogP contribution in [0.5, 0.6) is 0 Å². The van der Waals surface area contributed by atoms with E-state index >= 15 is 0 Å². The van der Waals surface area contributed by atoms with Crippen molar-refractivity contribution in [2.24, 2.45) is 10.7 Å². The molecule has 0 saturated heterocycles. The van der Waals surface area contributed by atoms with E-state index in [2.05, 4.69) is 36.7 Å². The normalized spacial score (nSPS) is 11.4. The van der Waals surface area contributed by atoms with Crippen molar-refractivity contribution in [3.05, 3.63) is 77.9 Å². The molecule has 0 aliphatic carbocycles. The first-order valence-electron chi connectivity index (χ1n) is 7.38. The molecule has 0 heterocycles. The van der Waals surface area contributed by atoms with E-state index in [9.17, 15) is 0 Å². The Kier molecular flexibility index (Phi) is 5.33. The molecule has 2 heteroatoms. The highest BCUT2D eigenvalue weighted by atomic mass is 14.9. The summed E-state index contributed by atoms with van der Waals surface area (Å²) in [5.74, 6) is 0.500. The number of nitrogens with two attached hydrogens (primary N) is 1. The van der Waals surface area contributed by atoms with Crippen molar-refractivity contribution in [2.45, 2.75) is 26.2 Å². The number of aliphatic imine (C=N–C) groups is 1. The first kappa shape index (κ1) is 15.0. The minimum absolute atomic E-state index is 0.500. The zero-order chi connectivity index (χ0) is 15.1. The smallest absolute Gasteiger partial charge is 0.131 e. The van der Waals surface area contributed by atoms with Crippen molar-refractivity contribution in [1.29, 1.82) is 0 Å². The van der Waals surface area contributed by atoms with E-state index in [1.54, 1.807) is 0 Å². The van der Waals surface area contributed by atoms with Crippen LogP contribution < -0.4 is 5.73 Å². The first-order valence-corrected chi connectivity index (χ1v) is 7.38. The molecule has 0 aliphatic heterocycles. The zero-order valence-electron chi connectivity index (χ0n) is 12.5.